The van der Waals surface area contributed by atoms with Gasteiger partial charge in [0.2, 0.25) is 0 Å². The molecule has 0 spiro atoms. The Morgan fingerprint density at radius 1 is 1.24 bits per heavy atom. The molecule has 0 saturated heterocycles. The van der Waals surface area contributed by atoms with E-state index in [2.05, 4.69) is 41.4 Å². The molecule has 1 amide bonds. The summed E-state index contributed by atoms with van der Waals surface area (Å²) in [4.78, 5) is 12.8. The summed E-state index contributed by atoms with van der Waals surface area (Å²) in [6.07, 6.45) is 10.0. The van der Waals surface area contributed by atoms with Gasteiger partial charge in [0.1, 0.15) is 5.76 Å². The quantitative estimate of drug-likeness (QED) is 0.712. The van der Waals surface area contributed by atoms with Gasteiger partial charge in [0.15, 0.2) is 5.69 Å². The minimum absolute atomic E-state index is 0.190. The van der Waals surface area contributed by atoms with Crippen molar-refractivity contribution in [3.63, 3.8) is 0 Å². The molecule has 0 aliphatic heterocycles. The molecule has 8 heteroatoms. The number of carbonyl (C=O) groups excluding carboxylic acids is 1. The number of anilines is 1. The number of hydrogen-bond acceptors (Lipinski definition) is 5. The highest BCUT2D eigenvalue weighted by Crippen LogP contribution is 2.38. The molecule has 0 aromatic carbocycles. The number of nitrogens with zero attached hydrogens (tertiary/aromatic N) is 5. The number of carbonyl (C=O) groups is 1. The lowest BCUT2D eigenvalue weighted by Crippen LogP contribution is -2.27. The molecule has 3 aromatic rings. The molecule has 1 unspecified atom stereocenters. The number of aryl methyl sites for hydroxylation is 2. The molecule has 4 rings (SSSR count). The summed E-state index contributed by atoms with van der Waals surface area (Å²) < 4.78 is 9.12. The van der Waals surface area contributed by atoms with Crippen molar-refractivity contribution in [1.29, 1.82) is 0 Å². The van der Waals surface area contributed by atoms with Crippen molar-refractivity contribution in [3.05, 3.63) is 47.4 Å². The van der Waals surface area contributed by atoms with Crippen LogP contribution >= 0.6 is 0 Å². The molecule has 154 valence electrons. The van der Waals surface area contributed by atoms with Crippen LogP contribution in [0.5, 0.6) is 0 Å². The lowest BCUT2D eigenvalue weighted by atomic mass is 9.71. The zero-order chi connectivity index (χ0) is 20.6. The third-order valence-corrected chi connectivity index (χ3v) is 5.73. The van der Waals surface area contributed by atoms with Crippen LogP contribution in [0.4, 0.5) is 5.69 Å². The average molecular weight is 396 g/mol. The van der Waals surface area contributed by atoms with Crippen molar-refractivity contribution < 1.29 is 9.32 Å². The minimum atomic E-state index is -0.247. The molecular formula is C21H28N6O2. The van der Waals surface area contributed by atoms with Gasteiger partial charge in [-0.2, -0.15) is 10.2 Å². The van der Waals surface area contributed by atoms with Crippen LogP contribution in [-0.4, -0.2) is 30.6 Å². The van der Waals surface area contributed by atoms with E-state index in [-0.39, 0.29) is 11.3 Å². The first-order valence-electron chi connectivity index (χ1n) is 10.2. The van der Waals surface area contributed by atoms with Crippen LogP contribution in [0.1, 0.15) is 61.5 Å². The van der Waals surface area contributed by atoms with E-state index in [9.17, 15) is 4.79 Å². The van der Waals surface area contributed by atoms with E-state index in [4.69, 9.17) is 4.52 Å². The lowest BCUT2D eigenvalue weighted by molar-refractivity contribution is 0.101. The predicted octanol–water partition coefficient (Wildman–Crippen LogP) is 3.54. The van der Waals surface area contributed by atoms with Crippen molar-refractivity contribution >= 4 is 11.6 Å². The van der Waals surface area contributed by atoms with Gasteiger partial charge in [-0.25, -0.2) is 0 Å². The normalized spacial score (nSPS) is 16.6. The lowest BCUT2D eigenvalue weighted by Gasteiger charge is -2.33. The Morgan fingerprint density at radius 2 is 2.03 bits per heavy atom. The number of nitrogens with one attached hydrogen (secondary N) is 1. The van der Waals surface area contributed by atoms with Crippen molar-refractivity contribution in [1.82, 2.24) is 24.7 Å². The fourth-order valence-electron chi connectivity index (χ4n) is 3.87. The maximum absolute atomic E-state index is 12.8. The second kappa shape index (κ2) is 7.50. The molecule has 8 nitrogen and oxygen atoms in total. The van der Waals surface area contributed by atoms with Gasteiger partial charge in [0.25, 0.3) is 5.91 Å². The molecule has 1 atom stereocenters. The highest BCUT2D eigenvalue weighted by Gasteiger charge is 2.34. The SMILES string of the molecule is CCn1cc(Cn2cc(NC(=O)c3noc4c3CC(C(C)(C)C)CC4)cn2)cn1. The van der Waals surface area contributed by atoms with E-state index >= 15 is 0 Å². The van der Waals surface area contributed by atoms with Crippen LogP contribution in [0, 0.1) is 11.3 Å². The fraction of sp³-hybridized carbons (Fsp3) is 0.524. The largest absolute Gasteiger partial charge is 0.360 e. The summed E-state index contributed by atoms with van der Waals surface area (Å²) in [6.45, 7) is 10.2. The first-order chi connectivity index (χ1) is 13.8. The third kappa shape index (κ3) is 4.11. The van der Waals surface area contributed by atoms with Gasteiger partial charge in [0.05, 0.1) is 24.6 Å². The Bertz CT molecular complexity index is 1010. The van der Waals surface area contributed by atoms with Gasteiger partial charge >= 0.3 is 0 Å². The molecule has 3 heterocycles. The molecule has 0 radical (unpaired) electrons. The minimum Gasteiger partial charge on any atom is -0.360 e. The Morgan fingerprint density at radius 3 is 2.76 bits per heavy atom. The van der Waals surface area contributed by atoms with Crippen LogP contribution in [-0.2, 0) is 25.9 Å². The van der Waals surface area contributed by atoms with Crippen LogP contribution in [0.2, 0.25) is 0 Å². The highest BCUT2D eigenvalue weighted by molar-refractivity contribution is 6.03. The standard InChI is InChI=1S/C21H28N6O2/c1-5-26-11-14(9-22-26)12-27-13-16(10-23-27)24-20(28)19-17-8-15(21(2,3)4)6-7-18(17)29-25-19/h9-11,13,15H,5-8,12H2,1-4H3,(H,24,28). The van der Waals surface area contributed by atoms with Gasteiger partial charge < -0.3 is 9.84 Å². The predicted molar refractivity (Wildman–Crippen MR) is 109 cm³/mol. The Balaban J connectivity index is 1.44. The van der Waals surface area contributed by atoms with Crippen molar-refractivity contribution in [2.75, 3.05) is 5.32 Å². The maximum Gasteiger partial charge on any atom is 0.278 e. The number of aromatic nitrogens is 5. The first-order valence-corrected chi connectivity index (χ1v) is 10.2. The van der Waals surface area contributed by atoms with E-state index in [0.29, 0.717) is 23.8 Å². The third-order valence-electron chi connectivity index (χ3n) is 5.73. The fourth-order valence-corrected chi connectivity index (χ4v) is 3.87. The number of fused-ring (bicyclic) bond motifs is 1. The molecule has 1 aliphatic rings. The van der Waals surface area contributed by atoms with Crippen LogP contribution in [0.15, 0.2) is 29.3 Å². The zero-order valence-electron chi connectivity index (χ0n) is 17.5. The maximum atomic E-state index is 12.8. The number of rotatable bonds is 5. The molecule has 0 bridgehead atoms. The highest BCUT2D eigenvalue weighted by atomic mass is 16.5. The molecule has 1 N–H and O–H groups in total. The Labute approximate surface area is 170 Å². The monoisotopic (exact) mass is 396 g/mol. The van der Waals surface area contributed by atoms with Crippen molar-refractivity contribution in [2.45, 2.75) is 60.0 Å². The number of amides is 1. The topological polar surface area (TPSA) is 90.8 Å². The summed E-state index contributed by atoms with van der Waals surface area (Å²) in [7, 11) is 0. The zero-order valence-corrected chi connectivity index (χ0v) is 17.5. The van der Waals surface area contributed by atoms with E-state index < -0.39 is 0 Å². The number of hydrogen-bond donors (Lipinski definition) is 1. The summed E-state index contributed by atoms with van der Waals surface area (Å²) >= 11 is 0. The summed E-state index contributed by atoms with van der Waals surface area (Å²) in [5.41, 5.74) is 3.23. The van der Waals surface area contributed by atoms with Crippen molar-refractivity contribution in [3.8, 4) is 0 Å². The van der Waals surface area contributed by atoms with Gasteiger partial charge in [-0.15, -0.1) is 0 Å². The van der Waals surface area contributed by atoms with Crippen LogP contribution in [0.3, 0.4) is 0 Å². The molecule has 1 aliphatic carbocycles. The van der Waals surface area contributed by atoms with Crippen LogP contribution in [0.25, 0.3) is 0 Å². The first kappa shape index (κ1) is 19.4. The van der Waals surface area contributed by atoms with Crippen molar-refractivity contribution in [2.24, 2.45) is 11.3 Å². The second-order valence-electron chi connectivity index (χ2n) is 8.82. The van der Waals surface area contributed by atoms with Gasteiger partial charge in [-0.3, -0.25) is 14.2 Å². The Kier molecular flexibility index (Phi) is 5.02. The molecule has 0 fully saturated rings. The Hall–Kier alpha value is -2.90. The molecule has 3 aromatic heterocycles. The summed E-state index contributed by atoms with van der Waals surface area (Å²) in [5.74, 6) is 1.11. The summed E-state index contributed by atoms with van der Waals surface area (Å²) in [5, 5.41) is 15.6. The van der Waals surface area contributed by atoms with E-state index in [1.54, 1.807) is 10.9 Å². The second-order valence-corrected chi connectivity index (χ2v) is 8.82. The average Bonchev–Trinajstić information content (AvgIpc) is 3.40. The van der Waals surface area contributed by atoms with E-state index in [0.717, 1.165) is 42.7 Å². The van der Waals surface area contributed by atoms with E-state index in [1.165, 1.54) is 0 Å². The van der Waals surface area contributed by atoms with E-state index in [1.807, 2.05) is 30.2 Å². The summed E-state index contributed by atoms with van der Waals surface area (Å²) in [6, 6.07) is 0. The molecular weight excluding hydrogens is 368 g/mol. The van der Waals surface area contributed by atoms with Crippen LogP contribution < -0.4 is 5.32 Å². The van der Waals surface area contributed by atoms with Gasteiger partial charge in [-0.05, 0) is 31.1 Å². The van der Waals surface area contributed by atoms with Gasteiger partial charge in [0, 0.05) is 36.5 Å². The molecule has 29 heavy (non-hydrogen) atoms. The smallest absolute Gasteiger partial charge is 0.278 e. The molecule has 0 saturated carbocycles. The van der Waals surface area contributed by atoms with Gasteiger partial charge in [-0.1, -0.05) is 25.9 Å².